The van der Waals surface area contributed by atoms with Gasteiger partial charge in [-0.05, 0) is 26.0 Å². The molecule has 0 saturated heterocycles. The predicted octanol–water partition coefficient (Wildman–Crippen LogP) is 1.54. The molecule has 0 aliphatic carbocycles. The molecule has 2 aromatic rings. The molecule has 1 unspecified atom stereocenters. The van der Waals surface area contributed by atoms with Gasteiger partial charge in [0.1, 0.15) is 10.8 Å². The minimum Gasteiger partial charge on any atom is -0.447 e. The quantitative estimate of drug-likeness (QED) is 0.873. The van der Waals surface area contributed by atoms with Gasteiger partial charge < -0.3 is 9.73 Å². The molecule has 0 bridgehead atoms. The lowest BCUT2D eigenvalue weighted by atomic mass is 10.3. The van der Waals surface area contributed by atoms with Crippen molar-refractivity contribution in [1.82, 2.24) is 10.3 Å². The molecule has 0 saturated carbocycles. The van der Waals surface area contributed by atoms with Crippen LogP contribution < -0.4 is 10.5 Å². The molecule has 0 spiro atoms. The van der Waals surface area contributed by atoms with Crippen LogP contribution in [0.5, 0.6) is 0 Å². The van der Waals surface area contributed by atoms with Crippen molar-refractivity contribution in [3.8, 4) is 0 Å². The fourth-order valence-corrected chi connectivity index (χ4v) is 2.83. The Bertz CT molecular complexity index is 660. The summed E-state index contributed by atoms with van der Waals surface area (Å²) >= 11 is 1.58. The van der Waals surface area contributed by atoms with Crippen molar-refractivity contribution in [2.24, 2.45) is 5.14 Å². The zero-order valence-electron chi connectivity index (χ0n) is 10.6. The normalized spacial score (nSPS) is 13.6. The molecule has 104 valence electrons. The first-order valence-corrected chi connectivity index (χ1v) is 8.06. The number of nitrogens with zero attached hydrogens (tertiary/aromatic N) is 1. The maximum Gasteiger partial charge on any atom is 0.271 e. The van der Waals surface area contributed by atoms with Crippen molar-refractivity contribution >= 4 is 21.4 Å². The van der Waals surface area contributed by atoms with Gasteiger partial charge in [-0.25, -0.2) is 18.5 Å². The monoisotopic (exact) mass is 301 g/mol. The molecule has 0 radical (unpaired) electrons. The molecule has 1 atom stereocenters. The highest BCUT2D eigenvalue weighted by Gasteiger charge is 2.14. The second kappa shape index (κ2) is 5.41. The summed E-state index contributed by atoms with van der Waals surface area (Å²) in [6.45, 7) is 4.34. The highest BCUT2D eigenvalue weighted by molar-refractivity contribution is 7.89. The van der Waals surface area contributed by atoms with E-state index < -0.39 is 10.0 Å². The first-order chi connectivity index (χ1) is 8.86. The van der Waals surface area contributed by atoms with Crippen LogP contribution in [0.25, 0.3) is 0 Å². The Morgan fingerprint density at radius 1 is 1.53 bits per heavy atom. The number of hydrogen-bond donors (Lipinski definition) is 2. The summed E-state index contributed by atoms with van der Waals surface area (Å²) in [5, 5.41) is 10.9. The maximum atomic E-state index is 11.1. The van der Waals surface area contributed by atoms with Gasteiger partial charge in [0.15, 0.2) is 0 Å². The van der Waals surface area contributed by atoms with Gasteiger partial charge in [-0.2, -0.15) is 0 Å². The summed E-state index contributed by atoms with van der Waals surface area (Å²) in [7, 11) is -3.77. The Morgan fingerprint density at radius 3 is 2.79 bits per heavy atom. The Labute approximate surface area is 115 Å². The fraction of sp³-hybridized carbons (Fsp3) is 0.364. The summed E-state index contributed by atoms with van der Waals surface area (Å²) in [6, 6.07) is 3.01. The van der Waals surface area contributed by atoms with Crippen LogP contribution in [-0.2, 0) is 16.6 Å². The number of rotatable bonds is 5. The standard InChI is InChI=1S/C11H15N3O3S2/c1-7-6-18-11(14-7)8(2)13-5-9-3-4-10(17-9)19(12,15)16/h3-4,6,8,13H,5H2,1-2H3,(H2,12,15,16). The average molecular weight is 301 g/mol. The molecule has 0 amide bonds. The van der Waals surface area contributed by atoms with E-state index in [1.165, 1.54) is 6.07 Å². The van der Waals surface area contributed by atoms with Crippen LogP contribution in [-0.4, -0.2) is 13.4 Å². The Kier molecular flexibility index (Phi) is 4.04. The van der Waals surface area contributed by atoms with Crippen LogP contribution in [0, 0.1) is 6.92 Å². The van der Waals surface area contributed by atoms with Gasteiger partial charge in [0.25, 0.3) is 10.0 Å². The van der Waals surface area contributed by atoms with Crippen molar-refractivity contribution in [3.63, 3.8) is 0 Å². The van der Waals surface area contributed by atoms with E-state index >= 15 is 0 Å². The smallest absolute Gasteiger partial charge is 0.271 e. The third-order valence-corrected chi connectivity index (χ3v) is 4.43. The Morgan fingerprint density at radius 2 is 2.26 bits per heavy atom. The molecule has 2 rings (SSSR count). The van der Waals surface area contributed by atoms with E-state index in [0.717, 1.165) is 10.7 Å². The minimum atomic E-state index is -3.77. The van der Waals surface area contributed by atoms with Crippen molar-refractivity contribution in [2.75, 3.05) is 0 Å². The molecule has 6 nitrogen and oxygen atoms in total. The molecular formula is C11H15N3O3S2. The van der Waals surface area contributed by atoms with E-state index in [1.807, 2.05) is 19.2 Å². The highest BCUT2D eigenvalue weighted by Crippen LogP contribution is 2.18. The van der Waals surface area contributed by atoms with Crippen molar-refractivity contribution in [1.29, 1.82) is 0 Å². The molecule has 0 fully saturated rings. The number of nitrogens with one attached hydrogen (secondary N) is 1. The van der Waals surface area contributed by atoms with Gasteiger partial charge in [0, 0.05) is 11.1 Å². The van der Waals surface area contributed by atoms with E-state index in [1.54, 1.807) is 17.4 Å². The van der Waals surface area contributed by atoms with E-state index in [0.29, 0.717) is 12.3 Å². The van der Waals surface area contributed by atoms with Gasteiger partial charge >= 0.3 is 0 Å². The third-order valence-electron chi connectivity index (χ3n) is 2.51. The zero-order valence-corrected chi connectivity index (χ0v) is 12.2. The maximum absolute atomic E-state index is 11.1. The average Bonchev–Trinajstić information content (AvgIpc) is 2.93. The molecule has 0 aromatic carbocycles. The summed E-state index contributed by atoms with van der Waals surface area (Å²) < 4.78 is 27.3. The molecule has 2 aromatic heterocycles. The number of hydrogen-bond acceptors (Lipinski definition) is 6. The van der Waals surface area contributed by atoms with E-state index in [-0.39, 0.29) is 11.1 Å². The van der Waals surface area contributed by atoms with Gasteiger partial charge in [0.2, 0.25) is 5.09 Å². The molecule has 19 heavy (non-hydrogen) atoms. The SMILES string of the molecule is Cc1csc(C(C)NCc2ccc(S(N)(=O)=O)o2)n1. The van der Waals surface area contributed by atoms with Gasteiger partial charge in [-0.1, -0.05) is 0 Å². The molecule has 0 aliphatic heterocycles. The van der Waals surface area contributed by atoms with Crippen LogP contribution in [0.3, 0.4) is 0 Å². The number of aryl methyl sites for hydroxylation is 1. The summed E-state index contributed by atoms with van der Waals surface area (Å²) in [4.78, 5) is 4.38. The zero-order chi connectivity index (χ0) is 14.0. The van der Waals surface area contributed by atoms with Crippen LogP contribution in [0.15, 0.2) is 27.0 Å². The van der Waals surface area contributed by atoms with E-state index in [9.17, 15) is 8.42 Å². The second-order valence-corrected chi connectivity index (χ2v) is 6.58. The summed E-state index contributed by atoms with van der Waals surface area (Å²) in [5.41, 5.74) is 0.989. The molecule has 3 N–H and O–H groups in total. The summed E-state index contributed by atoms with van der Waals surface area (Å²) in [5.74, 6) is 0.518. The number of nitrogens with two attached hydrogens (primary N) is 1. The van der Waals surface area contributed by atoms with Crippen LogP contribution in [0.2, 0.25) is 0 Å². The van der Waals surface area contributed by atoms with Crippen LogP contribution >= 0.6 is 11.3 Å². The fourth-order valence-electron chi connectivity index (χ4n) is 1.52. The third kappa shape index (κ3) is 3.63. The molecule has 8 heteroatoms. The first kappa shape index (κ1) is 14.2. The first-order valence-electron chi connectivity index (χ1n) is 5.63. The lowest BCUT2D eigenvalue weighted by molar-refractivity contribution is 0.393. The van der Waals surface area contributed by atoms with Crippen molar-refractivity contribution < 1.29 is 12.8 Å². The topological polar surface area (TPSA) is 98.2 Å². The van der Waals surface area contributed by atoms with Crippen LogP contribution in [0.4, 0.5) is 0 Å². The lowest BCUT2D eigenvalue weighted by Crippen LogP contribution is -2.17. The number of thiazole rings is 1. The molecular weight excluding hydrogens is 286 g/mol. The largest absolute Gasteiger partial charge is 0.447 e. The minimum absolute atomic E-state index is 0.0710. The predicted molar refractivity (Wildman–Crippen MR) is 72.2 cm³/mol. The van der Waals surface area contributed by atoms with Crippen molar-refractivity contribution in [3.05, 3.63) is 34.0 Å². The van der Waals surface area contributed by atoms with Gasteiger partial charge in [0.05, 0.1) is 12.6 Å². The Balaban J connectivity index is 1.97. The molecule has 0 aliphatic rings. The second-order valence-electron chi connectivity index (χ2n) is 4.20. The number of sulfonamides is 1. The number of aromatic nitrogens is 1. The van der Waals surface area contributed by atoms with Gasteiger partial charge in [-0.3, -0.25) is 0 Å². The number of primary sulfonamides is 1. The van der Waals surface area contributed by atoms with Crippen molar-refractivity contribution in [2.45, 2.75) is 31.5 Å². The Hall–Kier alpha value is -1.22. The lowest BCUT2D eigenvalue weighted by Gasteiger charge is -2.09. The van der Waals surface area contributed by atoms with E-state index in [2.05, 4.69) is 10.3 Å². The highest BCUT2D eigenvalue weighted by atomic mass is 32.2. The molecule has 2 heterocycles. The van der Waals surface area contributed by atoms with Gasteiger partial charge in [-0.15, -0.1) is 11.3 Å². The van der Waals surface area contributed by atoms with Crippen LogP contribution in [0.1, 0.15) is 29.4 Å². The summed E-state index contributed by atoms with van der Waals surface area (Å²) in [6.07, 6.45) is 0. The van der Waals surface area contributed by atoms with E-state index in [4.69, 9.17) is 9.56 Å². The number of furan rings is 1.